The number of nitrogens with zero attached hydrogens (tertiary/aromatic N) is 3. The number of nitro groups is 1. The van der Waals surface area contributed by atoms with Crippen molar-refractivity contribution in [2.24, 2.45) is 0 Å². The van der Waals surface area contributed by atoms with E-state index >= 15 is 0 Å². The van der Waals surface area contributed by atoms with Crippen LogP contribution in [0.25, 0.3) is 5.69 Å². The summed E-state index contributed by atoms with van der Waals surface area (Å²) in [5.74, 6) is -1.58. The second-order valence-corrected chi connectivity index (χ2v) is 7.39. The van der Waals surface area contributed by atoms with Crippen LogP contribution in [0, 0.1) is 22.9 Å². The van der Waals surface area contributed by atoms with Gasteiger partial charge in [0, 0.05) is 18.3 Å². The number of nitro benzene ring substituents is 1. The van der Waals surface area contributed by atoms with Gasteiger partial charge in [0.2, 0.25) is 0 Å². The Balaban J connectivity index is 1.85. The number of benzene rings is 2. The smallest absolute Gasteiger partial charge is 0.266 e. The summed E-state index contributed by atoms with van der Waals surface area (Å²) in [5.41, 5.74) is -0.320. The van der Waals surface area contributed by atoms with Crippen molar-refractivity contribution in [3.05, 3.63) is 81.9 Å². The zero-order valence-corrected chi connectivity index (χ0v) is 15.2. The molecule has 0 aliphatic carbocycles. The maximum atomic E-state index is 13.8. The van der Waals surface area contributed by atoms with Crippen molar-refractivity contribution >= 4 is 21.6 Å². The fourth-order valence-corrected chi connectivity index (χ4v) is 3.68. The van der Waals surface area contributed by atoms with Gasteiger partial charge in [0.15, 0.2) is 5.69 Å². The van der Waals surface area contributed by atoms with Crippen molar-refractivity contribution in [2.75, 3.05) is 0 Å². The highest BCUT2D eigenvalue weighted by atomic mass is 32.2. The van der Waals surface area contributed by atoms with Crippen LogP contribution < -0.4 is 4.72 Å². The van der Waals surface area contributed by atoms with Crippen LogP contribution in [0.5, 0.6) is 0 Å². The Kier molecular flexibility index (Phi) is 4.92. The molecule has 0 radical (unpaired) electrons. The Morgan fingerprint density at radius 1 is 1.21 bits per heavy atom. The molecular weight excluding hydrogens is 391 g/mol. The number of non-ortho nitro benzene ring substituents is 1. The zero-order chi connectivity index (χ0) is 20.5. The summed E-state index contributed by atoms with van der Waals surface area (Å²) >= 11 is 0. The third-order valence-corrected chi connectivity index (χ3v) is 5.30. The van der Waals surface area contributed by atoms with Gasteiger partial charge in [0.25, 0.3) is 21.6 Å². The molecule has 1 aromatic heterocycles. The molecule has 0 fully saturated rings. The number of carbonyl (C=O) groups is 1. The molecule has 144 valence electrons. The number of hydrogen-bond donors (Lipinski definition) is 1. The van der Waals surface area contributed by atoms with Gasteiger partial charge in [0.05, 0.1) is 9.82 Å². The van der Waals surface area contributed by atoms with Crippen molar-refractivity contribution in [1.82, 2.24) is 14.5 Å². The van der Waals surface area contributed by atoms with E-state index in [2.05, 4.69) is 5.10 Å². The van der Waals surface area contributed by atoms with Crippen LogP contribution in [0.15, 0.2) is 59.6 Å². The molecule has 0 atom stereocenters. The molecule has 2 aromatic carbocycles. The predicted octanol–water partition coefficient (Wildman–Crippen LogP) is 2.35. The molecule has 0 saturated heterocycles. The highest BCUT2D eigenvalue weighted by Crippen LogP contribution is 2.21. The average molecular weight is 404 g/mol. The van der Waals surface area contributed by atoms with Crippen molar-refractivity contribution in [1.29, 1.82) is 0 Å². The van der Waals surface area contributed by atoms with Crippen molar-refractivity contribution in [3.8, 4) is 5.69 Å². The van der Waals surface area contributed by atoms with Gasteiger partial charge in [-0.3, -0.25) is 14.9 Å². The minimum absolute atomic E-state index is 0.0932. The minimum Gasteiger partial charge on any atom is -0.266 e. The number of sulfonamides is 1. The summed E-state index contributed by atoms with van der Waals surface area (Å²) < 4.78 is 41.7. The fourth-order valence-electron chi connectivity index (χ4n) is 2.49. The topological polar surface area (TPSA) is 124 Å². The van der Waals surface area contributed by atoms with Crippen LogP contribution in [-0.4, -0.2) is 29.0 Å². The van der Waals surface area contributed by atoms with Crippen LogP contribution in [0.1, 0.15) is 16.1 Å². The maximum absolute atomic E-state index is 13.8. The van der Waals surface area contributed by atoms with E-state index in [4.69, 9.17) is 0 Å². The molecule has 3 aromatic rings. The molecule has 0 saturated carbocycles. The molecule has 0 spiro atoms. The van der Waals surface area contributed by atoms with E-state index in [9.17, 15) is 27.7 Å². The normalized spacial score (nSPS) is 11.2. The molecular formula is C17H13FN4O5S. The molecule has 0 aliphatic heterocycles. The van der Waals surface area contributed by atoms with Gasteiger partial charge in [-0.2, -0.15) is 5.10 Å². The summed E-state index contributed by atoms with van der Waals surface area (Å²) in [6.45, 7) is 1.37. The van der Waals surface area contributed by atoms with Crippen LogP contribution in [0.2, 0.25) is 0 Å². The van der Waals surface area contributed by atoms with Crippen LogP contribution in [0.3, 0.4) is 0 Å². The second kappa shape index (κ2) is 7.19. The SMILES string of the molecule is Cc1cc([N+](=O)[O-])ccc1S(=O)(=O)NC(=O)c1ccn(-c2ccccc2F)n1. The summed E-state index contributed by atoms with van der Waals surface area (Å²) in [6, 6.07) is 10.1. The van der Waals surface area contributed by atoms with E-state index in [0.29, 0.717) is 0 Å². The third kappa shape index (κ3) is 3.74. The quantitative estimate of drug-likeness (QED) is 0.514. The Morgan fingerprint density at radius 3 is 2.57 bits per heavy atom. The number of aryl methyl sites for hydroxylation is 1. The average Bonchev–Trinajstić information content (AvgIpc) is 3.11. The molecule has 0 unspecified atom stereocenters. The van der Waals surface area contributed by atoms with E-state index in [1.165, 1.54) is 37.4 Å². The minimum atomic E-state index is -4.29. The van der Waals surface area contributed by atoms with Gasteiger partial charge in [-0.05, 0) is 36.8 Å². The first-order valence-electron chi connectivity index (χ1n) is 7.82. The van der Waals surface area contributed by atoms with Gasteiger partial charge in [-0.25, -0.2) is 22.2 Å². The highest BCUT2D eigenvalue weighted by molar-refractivity contribution is 7.90. The zero-order valence-electron chi connectivity index (χ0n) is 14.4. The molecule has 9 nitrogen and oxygen atoms in total. The number of hydrogen-bond acceptors (Lipinski definition) is 6. The van der Waals surface area contributed by atoms with Crippen molar-refractivity contribution in [3.63, 3.8) is 0 Å². The van der Waals surface area contributed by atoms with E-state index < -0.39 is 26.7 Å². The Labute approximate surface area is 158 Å². The fraction of sp³-hybridized carbons (Fsp3) is 0.0588. The summed E-state index contributed by atoms with van der Waals surface area (Å²) in [7, 11) is -4.29. The van der Waals surface area contributed by atoms with Crippen molar-refractivity contribution < 1.29 is 22.5 Å². The Morgan fingerprint density at radius 2 is 1.93 bits per heavy atom. The van der Waals surface area contributed by atoms with Gasteiger partial charge in [-0.1, -0.05) is 12.1 Å². The lowest BCUT2D eigenvalue weighted by atomic mass is 10.2. The lowest BCUT2D eigenvalue weighted by Crippen LogP contribution is -2.31. The first-order valence-corrected chi connectivity index (χ1v) is 9.30. The molecule has 3 rings (SSSR count). The molecule has 1 heterocycles. The van der Waals surface area contributed by atoms with Gasteiger partial charge < -0.3 is 0 Å². The number of para-hydroxylation sites is 1. The van der Waals surface area contributed by atoms with E-state index in [1.807, 2.05) is 4.72 Å². The standard InChI is InChI=1S/C17H13FN4O5S/c1-11-10-12(22(24)25)6-7-16(11)28(26,27)20-17(23)14-8-9-21(19-14)15-5-3-2-4-13(15)18/h2-10H,1H3,(H,20,23). The van der Waals surface area contributed by atoms with Gasteiger partial charge in [0.1, 0.15) is 11.5 Å². The number of rotatable bonds is 5. The molecule has 1 amide bonds. The van der Waals surface area contributed by atoms with E-state index in [1.54, 1.807) is 6.07 Å². The molecule has 0 aliphatic rings. The number of halogens is 1. The molecule has 11 heteroatoms. The van der Waals surface area contributed by atoms with Crippen LogP contribution in [-0.2, 0) is 10.0 Å². The van der Waals surface area contributed by atoms with E-state index in [0.717, 1.165) is 22.9 Å². The predicted molar refractivity (Wildman–Crippen MR) is 96.0 cm³/mol. The lowest BCUT2D eigenvalue weighted by Gasteiger charge is -2.08. The monoisotopic (exact) mass is 404 g/mol. The summed E-state index contributed by atoms with van der Waals surface area (Å²) in [6.07, 6.45) is 1.32. The summed E-state index contributed by atoms with van der Waals surface area (Å²) in [4.78, 5) is 22.1. The molecule has 0 bridgehead atoms. The summed E-state index contributed by atoms with van der Waals surface area (Å²) in [5, 5.41) is 14.7. The lowest BCUT2D eigenvalue weighted by molar-refractivity contribution is -0.385. The van der Waals surface area contributed by atoms with Crippen molar-refractivity contribution in [2.45, 2.75) is 11.8 Å². The van der Waals surface area contributed by atoms with E-state index in [-0.39, 0.29) is 27.5 Å². The molecule has 1 N–H and O–H groups in total. The van der Waals surface area contributed by atoms with Crippen LogP contribution in [0.4, 0.5) is 10.1 Å². The number of aromatic nitrogens is 2. The number of carbonyl (C=O) groups excluding carboxylic acids is 1. The maximum Gasteiger partial charge on any atom is 0.285 e. The van der Waals surface area contributed by atoms with Crippen LogP contribution >= 0.6 is 0 Å². The largest absolute Gasteiger partial charge is 0.285 e. The second-order valence-electron chi connectivity index (χ2n) is 5.74. The third-order valence-electron chi connectivity index (χ3n) is 3.81. The first-order chi connectivity index (χ1) is 13.2. The van der Waals surface area contributed by atoms with Gasteiger partial charge in [-0.15, -0.1) is 0 Å². The highest BCUT2D eigenvalue weighted by Gasteiger charge is 2.23. The number of nitrogens with one attached hydrogen (secondary N) is 1. The number of amides is 1. The Bertz CT molecular complexity index is 1190. The Hall–Kier alpha value is -3.60. The first kappa shape index (κ1) is 19.2. The van der Waals surface area contributed by atoms with Gasteiger partial charge >= 0.3 is 0 Å². The molecule has 28 heavy (non-hydrogen) atoms.